The Bertz CT molecular complexity index is 733. The third-order valence-corrected chi connectivity index (χ3v) is 5.03. The molecule has 1 heterocycles. The maximum atomic E-state index is 12.8. The smallest absolute Gasteiger partial charge is 0.407 e. The molecule has 0 saturated carbocycles. The van der Waals surface area contributed by atoms with E-state index in [1.807, 2.05) is 51.1 Å². The van der Waals surface area contributed by atoms with Gasteiger partial charge in [0, 0.05) is 19.6 Å². The summed E-state index contributed by atoms with van der Waals surface area (Å²) < 4.78 is 5.17. The zero-order valence-corrected chi connectivity index (χ0v) is 18.9. The minimum absolute atomic E-state index is 0.141. The number of hydrogen-bond acceptors (Lipinski definition) is 5. The lowest BCUT2D eigenvalue weighted by atomic mass is 10.1. The molecule has 1 fully saturated rings. The number of amides is 3. The summed E-state index contributed by atoms with van der Waals surface area (Å²) >= 11 is 0. The first-order valence-electron chi connectivity index (χ1n) is 11.0. The molecular weight excluding hydrogens is 396 g/mol. The number of benzene rings is 1. The van der Waals surface area contributed by atoms with Crippen molar-refractivity contribution in [3.63, 3.8) is 0 Å². The zero-order chi connectivity index (χ0) is 22.9. The number of nitrogens with one attached hydrogen (secondary N) is 2. The van der Waals surface area contributed by atoms with Gasteiger partial charge in [-0.15, -0.1) is 0 Å². The minimum Gasteiger partial charge on any atom is -0.444 e. The summed E-state index contributed by atoms with van der Waals surface area (Å²) in [5, 5.41) is 5.60. The van der Waals surface area contributed by atoms with E-state index in [-0.39, 0.29) is 11.8 Å². The van der Waals surface area contributed by atoms with E-state index in [4.69, 9.17) is 10.5 Å². The Morgan fingerprint density at radius 1 is 1.13 bits per heavy atom. The van der Waals surface area contributed by atoms with Crippen LogP contribution < -0.4 is 16.4 Å². The van der Waals surface area contributed by atoms with Crippen molar-refractivity contribution in [2.24, 2.45) is 5.73 Å². The second-order valence-electron chi connectivity index (χ2n) is 8.91. The van der Waals surface area contributed by atoms with Gasteiger partial charge >= 0.3 is 6.09 Å². The maximum absolute atomic E-state index is 12.8. The van der Waals surface area contributed by atoms with Crippen molar-refractivity contribution >= 4 is 17.9 Å². The Morgan fingerprint density at radius 2 is 1.77 bits per heavy atom. The van der Waals surface area contributed by atoms with Gasteiger partial charge in [0.25, 0.3) is 0 Å². The molecule has 172 valence electrons. The third-order valence-electron chi connectivity index (χ3n) is 5.03. The molecule has 1 aliphatic heterocycles. The van der Waals surface area contributed by atoms with Gasteiger partial charge in [0.05, 0.1) is 6.04 Å². The molecule has 1 aromatic rings. The Labute approximate surface area is 184 Å². The van der Waals surface area contributed by atoms with E-state index in [1.165, 1.54) is 0 Å². The van der Waals surface area contributed by atoms with Crippen LogP contribution >= 0.6 is 0 Å². The van der Waals surface area contributed by atoms with Crippen molar-refractivity contribution in [2.75, 3.05) is 19.6 Å². The minimum atomic E-state index is -0.658. The van der Waals surface area contributed by atoms with Crippen molar-refractivity contribution in [1.29, 1.82) is 0 Å². The van der Waals surface area contributed by atoms with E-state index in [0.717, 1.165) is 24.8 Å². The topological polar surface area (TPSA) is 114 Å². The van der Waals surface area contributed by atoms with Crippen LogP contribution in [0.3, 0.4) is 0 Å². The van der Waals surface area contributed by atoms with E-state index in [1.54, 1.807) is 4.90 Å². The van der Waals surface area contributed by atoms with Gasteiger partial charge in [-0.25, -0.2) is 4.79 Å². The first-order chi connectivity index (χ1) is 14.7. The fourth-order valence-electron chi connectivity index (χ4n) is 3.56. The number of rotatable bonds is 9. The Hall–Kier alpha value is -2.61. The van der Waals surface area contributed by atoms with E-state index >= 15 is 0 Å². The SMILES string of the molecule is CC(C)(C)OC(=O)NCCCCNC(=O)[C@H]1CCCN1C(=O)[C@H](N)Cc1ccccc1. The number of unbranched alkanes of at least 4 members (excludes halogenated alkanes) is 1. The second-order valence-corrected chi connectivity index (χ2v) is 8.91. The molecule has 0 aliphatic carbocycles. The molecule has 8 nitrogen and oxygen atoms in total. The predicted octanol–water partition coefficient (Wildman–Crippen LogP) is 1.97. The number of carbonyl (C=O) groups is 3. The monoisotopic (exact) mass is 432 g/mol. The highest BCUT2D eigenvalue weighted by molar-refractivity contribution is 5.90. The summed E-state index contributed by atoms with van der Waals surface area (Å²) in [5.41, 5.74) is 6.62. The number of ether oxygens (including phenoxy) is 1. The van der Waals surface area contributed by atoms with Crippen LogP contribution in [-0.4, -0.2) is 60.1 Å². The summed E-state index contributed by atoms with van der Waals surface area (Å²) in [7, 11) is 0. The predicted molar refractivity (Wildman–Crippen MR) is 119 cm³/mol. The van der Waals surface area contributed by atoms with Crippen molar-refractivity contribution in [1.82, 2.24) is 15.5 Å². The normalized spacial score (nSPS) is 17.2. The lowest BCUT2D eigenvalue weighted by molar-refractivity contribution is -0.139. The van der Waals surface area contributed by atoms with Crippen LogP contribution in [-0.2, 0) is 20.7 Å². The van der Waals surface area contributed by atoms with E-state index in [9.17, 15) is 14.4 Å². The summed E-state index contributed by atoms with van der Waals surface area (Å²) in [6, 6.07) is 8.52. The van der Waals surface area contributed by atoms with Crippen LogP contribution in [0.25, 0.3) is 0 Å². The molecular formula is C23H36N4O4. The molecule has 1 aromatic carbocycles. The first-order valence-corrected chi connectivity index (χ1v) is 11.0. The zero-order valence-electron chi connectivity index (χ0n) is 18.9. The molecule has 0 bridgehead atoms. The second kappa shape index (κ2) is 11.7. The van der Waals surface area contributed by atoms with Crippen molar-refractivity contribution < 1.29 is 19.1 Å². The van der Waals surface area contributed by atoms with Crippen LogP contribution in [0, 0.1) is 0 Å². The molecule has 2 atom stereocenters. The number of carbonyl (C=O) groups excluding carboxylic acids is 3. The molecule has 31 heavy (non-hydrogen) atoms. The molecule has 0 radical (unpaired) electrons. The van der Waals surface area contributed by atoms with Crippen LogP contribution in [0.2, 0.25) is 0 Å². The van der Waals surface area contributed by atoms with Gasteiger partial charge in [0.2, 0.25) is 11.8 Å². The standard InChI is InChI=1S/C23H36N4O4/c1-23(2,3)31-22(30)26-14-8-7-13-25-20(28)19-12-9-15-27(19)21(29)18(24)16-17-10-5-4-6-11-17/h4-6,10-11,18-19H,7-9,12-16,24H2,1-3H3,(H,25,28)(H,26,30)/t18-,19-/m1/s1. The van der Waals surface area contributed by atoms with Gasteiger partial charge in [-0.3, -0.25) is 9.59 Å². The average Bonchev–Trinajstić information content (AvgIpc) is 3.19. The van der Waals surface area contributed by atoms with Gasteiger partial charge in [-0.1, -0.05) is 30.3 Å². The highest BCUT2D eigenvalue weighted by Crippen LogP contribution is 2.19. The highest BCUT2D eigenvalue weighted by atomic mass is 16.6. The number of likely N-dealkylation sites (tertiary alicyclic amines) is 1. The lowest BCUT2D eigenvalue weighted by Gasteiger charge is -2.26. The van der Waals surface area contributed by atoms with Gasteiger partial charge in [-0.05, 0) is 58.4 Å². The molecule has 2 rings (SSSR count). The Balaban J connectivity index is 1.70. The average molecular weight is 433 g/mol. The van der Waals surface area contributed by atoms with Crippen molar-refractivity contribution in [2.45, 2.75) is 70.6 Å². The number of alkyl carbamates (subject to hydrolysis) is 1. The molecule has 1 saturated heterocycles. The summed E-state index contributed by atoms with van der Waals surface area (Å²) in [6.07, 6.45) is 2.89. The van der Waals surface area contributed by atoms with E-state index < -0.39 is 23.8 Å². The molecule has 4 N–H and O–H groups in total. The summed E-state index contributed by atoms with van der Waals surface area (Å²) in [4.78, 5) is 38.6. The van der Waals surface area contributed by atoms with E-state index in [0.29, 0.717) is 32.5 Å². The van der Waals surface area contributed by atoms with Crippen LogP contribution in [0.4, 0.5) is 4.79 Å². The molecule has 8 heteroatoms. The first kappa shape index (κ1) is 24.7. The highest BCUT2D eigenvalue weighted by Gasteiger charge is 2.35. The van der Waals surface area contributed by atoms with Crippen LogP contribution in [0.5, 0.6) is 0 Å². The van der Waals surface area contributed by atoms with Crippen LogP contribution in [0.1, 0.15) is 52.0 Å². The Morgan fingerprint density at radius 3 is 2.42 bits per heavy atom. The largest absolute Gasteiger partial charge is 0.444 e. The molecule has 3 amide bonds. The van der Waals surface area contributed by atoms with Gasteiger partial charge in [0.15, 0.2) is 0 Å². The van der Waals surface area contributed by atoms with Crippen molar-refractivity contribution in [3.05, 3.63) is 35.9 Å². The van der Waals surface area contributed by atoms with Gasteiger partial charge < -0.3 is 26.0 Å². The fourth-order valence-corrected chi connectivity index (χ4v) is 3.56. The molecule has 1 aliphatic rings. The quantitative estimate of drug-likeness (QED) is 0.516. The number of hydrogen-bond donors (Lipinski definition) is 3. The number of nitrogens with two attached hydrogens (primary N) is 1. The maximum Gasteiger partial charge on any atom is 0.407 e. The summed E-state index contributed by atoms with van der Waals surface area (Å²) in [6.45, 7) is 6.96. The third kappa shape index (κ3) is 8.57. The van der Waals surface area contributed by atoms with Gasteiger partial charge in [0.1, 0.15) is 11.6 Å². The van der Waals surface area contributed by atoms with Crippen molar-refractivity contribution in [3.8, 4) is 0 Å². The summed E-state index contributed by atoms with van der Waals surface area (Å²) in [5.74, 6) is -0.319. The number of nitrogens with zero attached hydrogens (tertiary/aromatic N) is 1. The van der Waals surface area contributed by atoms with E-state index in [2.05, 4.69) is 10.6 Å². The lowest BCUT2D eigenvalue weighted by Crippen LogP contribution is -2.51. The van der Waals surface area contributed by atoms with Crippen LogP contribution in [0.15, 0.2) is 30.3 Å². The molecule has 0 aromatic heterocycles. The Kier molecular flexibility index (Phi) is 9.30. The van der Waals surface area contributed by atoms with Gasteiger partial charge in [-0.2, -0.15) is 0 Å². The molecule has 0 spiro atoms. The fraction of sp³-hybridized carbons (Fsp3) is 0.609. The molecule has 0 unspecified atom stereocenters.